The lowest BCUT2D eigenvalue weighted by atomic mass is 10.00. The highest BCUT2D eigenvalue weighted by molar-refractivity contribution is 5.97. The maximum absolute atomic E-state index is 12.1. The Labute approximate surface area is 120 Å². The molecule has 104 valence electrons. The summed E-state index contributed by atoms with van der Waals surface area (Å²) < 4.78 is 0. The van der Waals surface area contributed by atoms with E-state index in [1.165, 1.54) is 24.3 Å². The number of carbonyl (C=O) groups is 1. The van der Waals surface area contributed by atoms with Crippen molar-refractivity contribution in [3.05, 3.63) is 70.3 Å². The molecule has 2 rings (SSSR count). The van der Waals surface area contributed by atoms with E-state index < -0.39 is 16.7 Å². The average molecular weight is 281 g/mol. The minimum Gasteiger partial charge on any atom is -0.324 e. The van der Waals surface area contributed by atoms with Crippen LogP contribution in [-0.2, 0) is 4.79 Å². The van der Waals surface area contributed by atoms with Crippen LogP contribution in [0.25, 0.3) is 0 Å². The van der Waals surface area contributed by atoms with Gasteiger partial charge in [-0.25, -0.2) is 0 Å². The van der Waals surface area contributed by atoms with Crippen molar-refractivity contribution in [1.29, 1.82) is 5.26 Å². The zero-order valence-electron chi connectivity index (χ0n) is 10.9. The van der Waals surface area contributed by atoms with Gasteiger partial charge in [0.1, 0.15) is 0 Å². The number of nitro groups is 1. The van der Waals surface area contributed by atoms with E-state index in [4.69, 9.17) is 5.26 Å². The summed E-state index contributed by atoms with van der Waals surface area (Å²) in [6.07, 6.45) is 0. The second-order valence-corrected chi connectivity index (χ2v) is 4.27. The van der Waals surface area contributed by atoms with Gasteiger partial charge in [0.05, 0.1) is 11.0 Å². The van der Waals surface area contributed by atoms with Gasteiger partial charge in [0, 0.05) is 17.8 Å². The van der Waals surface area contributed by atoms with Crippen LogP contribution in [0.15, 0.2) is 54.6 Å². The second-order valence-electron chi connectivity index (χ2n) is 4.27. The first kappa shape index (κ1) is 14.2. The van der Waals surface area contributed by atoms with Crippen molar-refractivity contribution >= 4 is 17.3 Å². The third-order valence-corrected chi connectivity index (χ3v) is 2.85. The molecule has 0 radical (unpaired) electrons. The molecule has 0 spiro atoms. The van der Waals surface area contributed by atoms with E-state index in [1.54, 1.807) is 30.3 Å². The summed E-state index contributed by atoms with van der Waals surface area (Å²) in [6, 6.07) is 16.1. The SMILES string of the molecule is N#CC(C(=O)Nc1cccc([N+](=O)[O-])c1)c1ccccc1. The fourth-order valence-corrected chi connectivity index (χ4v) is 1.84. The Bertz CT molecular complexity index is 708. The van der Waals surface area contributed by atoms with Crippen LogP contribution in [0.2, 0.25) is 0 Å². The maximum atomic E-state index is 12.1. The Balaban J connectivity index is 2.19. The van der Waals surface area contributed by atoms with Gasteiger partial charge in [-0.15, -0.1) is 0 Å². The van der Waals surface area contributed by atoms with E-state index in [9.17, 15) is 14.9 Å². The molecule has 1 unspecified atom stereocenters. The lowest BCUT2D eigenvalue weighted by Gasteiger charge is -2.10. The quantitative estimate of drug-likeness (QED) is 0.688. The van der Waals surface area contributed by atoms with E-state index in [-0.39, 0.29) is 11.4 Å². The molecular formula is C15H11N3O3. The fourth-order valence-electron chi connectivity index (χ4n) is 1.84. The molecule has 0 fully saturated rings. The van der Waals surface area contributed by atoms with Crippen LogP contribution in [0, 0.1) is 21.4 Å². The summed E-state index contributed by atoms with van der Waals surface area (Å²) in [6.45, 7) is 0. The van der Waals surface area contributed by atoms with Crippen molar-refractivity contribution in [3.63, 3.8) is 0 Å². The number of nitrogens with zero attached hydrogens (tertiary/aromatic N) is 2. The number of non-ortho nitro benzene ring substituents is 1. The number of anilines is 1. The summed E-state index contributed by atoms with van der Waals surface area (Å²) in [4.78, 5) is 22.3. The maximum Gasteiger partial charge on any atom is 0.271 e. The van der Waals surface area contributed by atoms with Crippen molar-refractivity contribution < 1.29 is 9.72 Å². The summed E-state index contributed by atoms with van der Waals surface area (Å²) in [5.41, 5.74) is 0.731. The number of amides is 1. The van der Waals surface area contributed by atoms with E-state index in [0.29, 0.717) is 5.56 Å². The molecule has 0 bridgehead atoms. The molecule has 0 heterocycles. The van der Waals surface area contributed by atoms with Crippen LogP contribution in [-0.4, -0.2) is 10.8 Å². The van der Waals surface area contributed by atoms with Crippen LogP contribution >= 0.6 is 0 Å². The zero-order valence-corrected chi connectivity index (χ0v) is 10.9. The van der Waals surface area contributed by atoms with Crippen LogP contribution in [0.4, 0.5) is 11.4 Å². The van der Waals surface area contributed by atoms with Crippen LogP contribution < -0.4 is 5.32 Å². The van der Waals surface area contributed by atoms with Gasteiger partial charge < -0.3 is 5.32 Å². The highest BCUT2D eigenvalue weighted by Crippen LogP contribution is 2.20. The third kappa shape index (κ3) is 3.42. The number of carbonyl (C=O) groups excluding carboxylic acids is 1. The predicted molar refractivity (Wildman–Crippen MR) is 76.5 cm³/mol. The number of hydrogen-bond donors (Lipinski definition) is 1. The van der Waals surface area contributed by atoms with Gasteiger partial charge in [0.25, 0.3) is 5.69 Å². The van der Waals surface area contributed by atoms with Gasteiger partial charge in [-0.05, 0) is 11.6 Å². The summed E-state index contributed by atoms with van der Waals surface area (Å²) >= 11 is 0. The van der Waals surface area contributed by atoms with Crippen molar-refractivity contribution in [2.45, 2.75) is 5.92 Å². The Hall–Kier alpha value is -3.20. The molecule has 1 amide bonds. The Morgan fingerprint density at radius 1 is 1.19 bits per heavy atom. The highest BCUT2D eigenvalue weighted by atomic mass is 16.6. The monoisotopic (exact) mass is 281 g/mol. The van der Waals surface area contributed by atoms with Crippen LogP contribution in [0.3, 0.4) is 0 Å². The number of nitro benzene ring substituents is 1. The van der Waals surface area contributed by atoms with E-state index >= 15 is 0 Å². The molecule has 0 aromatic heterocycles. The molecule has 21 heavy (non-hydrogen) atoms. The summed E-state index contributed by atoms with van der Waals surface area (Å²) in [7, 11) is 0. The molecule has 0 saturated heterocycles. The van der Waals surface area contributed by atoms with E-state index in [0.717, 1.165) is 0 Å². The van der Waals surface area contributed by atoms with Gasteiger partial charge in [0.15, 0.2) is 5.92 Å². The standard InChI is InChI=1S/C15H11N3O3/c16-10-14(11-5-2-1-3-6-11)15(19)17-12-7-4-8-13(9-12)18(20)21/h1-9,14H,(H,17,19). The van der Waals surface area contributed by atoms with Crippen molar-refractivity contribution in [3.8, 4) is 6.07 Å². The first-order chi connectivity index (χ1) is 10.1. The van der Waals surface area contributed by atoms with Crippen molar-refractivity contribution in [1.82, 2.24) is 0 Å². The Morgan fingerprint density at radius 2 is 1.90 bits per heavy atom. The normalized spacial score (nSPS) is 11.2. The van der Waals surface area contributed by atoms with E-state index in [1.807, 2.05) is 6.07 Å². The van der Waals surface area contributed by atoms with E-state index in [2.05, 4.69) is 5.32 Å². The molecule has 1 atom stereocenters. The van der Waals surface area contributed by atoms with Crippen molar-refractivity contribution in [2.24, 2.45) is 0 Å². The Kier molecular flexibility index (Phi) is 4.26. The van der Waals surface area contributed by atoms with Crippen molar-refractivity contribution in [2.75, 3.05) is 5.32 Å². The molecule has 2 aromatic rings. The number of nitriles is 1. The third-order valence-electron chi connectivity index (χ3n) is 2.85. The number of hydrogen-bond acceptors (Lipinski definition) is 4. The lowest BCUT2D eigenvalue weighted by Crippen LogP contribution is -2.20. The number of nitrogens with one attached hydrogen (secondary N) is 1. The van der Waals surface area contributed by atoms with Gasteiger partial charge >= 0.3 is 0 Å². The van der Waals surface area contributed by atoms with Gasteiger partial charge in [-0.2, -0.15) is 5.26 Å². The van der Waals surface area contributed by atoms with Gasteiger partial charge in [-0.3, -0.25) is 14.9 Å². The first-order valence-electron chi connectivity index (χ1n) is 6.11. The van der Waals surface area contributed by atoms with Crippen LogP contribution in [0.1, 0.15) is 11.5 Å². The molecule has 1 N–H and O–H groups in total. The number of rotatable bonds is 4. The molecule has 0 aliphatic rings. The number of benzene rings is 2. The van der Waals surface area contributed by atoms with Gasteiger partial charge in [-0.1, -0.05) is 36.4 Å². The predicted octanol–water partition coefficient (Wildman–Crippen LogP) is 2.84. The average Bonchev–Trinajstić information content (AvgIpc) is 2.49. The molecule has 6 heteroatoms. The summed E-state index contributed by atoms with van der Waals surface area (Å²) in [5, 5.41) is 22.4. The lowest BCUT2D eigenvalue weighted by molar-refractivity contribution is -0.384. The highest BCUT2D eigenvalue weighted by Gasteiger charge is 2.20. The largest absolute Gasteiger partial charge is 0.324 e. The van der Waals surface area contributed by atoms with Crippen LogP contribution in [0.5, 0.6) is 0 Å². The summed E-state index contributed by atoms with van der Waals surface area (Å²) in [5.74, 6) is -1.49. The second kappa shape index (κ2) is 6.30. The fraction of sp³-hybridized carbons (Fsp3) is 0.0667. The molecule has 0 saturated carbocycles. The smallest absolute Gasteiger partial charge is 0.271 e. The molecule has 2 aromatic carbocycles. The molecule has 0 aliphatic heterocycles. The Morgan fingerprint density at radius 3 is 2.52 bits per heavy atom. The topological polar surface area (TPSA) is 96.0 Å². The minimum atomic E-state index is -0.967. The minimum absolute atomic E-state index is 0.124. The molecule has 0 aliphatic carbocycles. The first-order valence-corrected chi connectivity index (χ1v) is 6.11. The molecular weight excluding hydrogens is 270 g/mol. The zero-order chi connectivity index (χ0) is 15.2. The molecule has 6 nitrogen and oxygen atoms in total. The van der Waals surface area contributed by atoms with Gasteiger partial charge in [0.2, 0.25) is 5.91 Å².